The van der Waals surface area contributed by atoms with Gasteiger partial charge < -0.3 is 9.47 Å². The standard InChI is InChI=1S/C24H42O4S3/c1-27-21(25)15-11-7-3-5-9-13-17-23-19-30-24(31-23,20-29-23)18-14-10-6-4-8-12-16-22(26)28-2/h3-20H2,1-2H3/t23-,24-/m0/s1. The number of hydrogen-bond acceptors (Lipinski definition) is 7. The maximum absolute atomic E-state index is 11.1. The van der Waals surface area contributed by atoms with Gasteiger partial charge in [-0.15, -0.1) is 35.3 Å². The average molecular weight is 491 g/mol. The minimum absolute atomic E-state index is 0.0766. The Bertz CT molecular complexity index is 487. The first-order chi connectivity index (χ1) is 15.0. The van der Waals surface area contributed by atoms with Gasteiger partial charge in [0, 0.05) is 24.3 Å². The Kier molecular flexibility index (Phi) is 13.2. The molecule has 0 amide bonds. The lowest BCUT2D eigenvalue weighted by Crippen LogP contribution is -2.21. The van der Waals surface area contributed by atoms with E-state index in [1.54, 1.807) is 0 Å². The summed E-state index contributed by atoms with van der Waals surface area (Å²) in [7, 11) is 2.93. The summed E-state index contributed by atoms with van der Waals surface area (Å²) < 4.78 is 10.4. The van der Waals surface area contributed by atoms with Crippen LogP contribution in [-0.2, 0) is 19.1 Å². The van der Waals surface area contributed by atoms with Crippen LogP contribution in [0.2, 0.25) is 0 Å². The average Bonchev–Trinajstić information content (AvgIpc) is 3.33. The smallest absolute Gasteiger partial charge is 0.305 e. The quantitative estimate of drug-likeness (QED) is 0.149. The van der Waals surface area contributed by atoms with E-state index in [1.807, 2.05) is 0 Å². The van der Waals surface area contributed by atoms with Crippen LogP contribution >= 0.6 is 35.3 Å². The first kappa shape index (κ1) is 27.2. The van der Waals surface area contributed by atoms with E-state index in [9.17, 15) is 9.59 Å². The molecule has 2 aliphatic rings. The summed E-state index contributed by atoms with van der Waals surface area (Å²) in [5.41, 5.74) is 0. The fraction of sp³-hybridized carbons (Fsp3) is 0.917. The topological polar surface area (TPSA) is 52.6 Å². The van der Waals surface area contributed by atoms with Crippen molar-refractivity contribution < 1.29 is 19.1 Å². The van der Waals surface area contributed by atoms with Crippen LogP contribution in [-0.4, -0.2) is 45.8 Å². The van der Waals surface area contributed by atoms with Crippen LogP contribution in [0.15, 0.2) is 0 Å². The maximum Gasteiger partial charge on any atom is 0.305 e. The van der Waals surface area contributed by atoms with Gasteiger partial charge in [0.15, 0.2) is 0 Å². The summed E-state index contributed by atoms with van der Waals surface area (Å²) >= 11 is 6.79. The molecule has 2 heterocycles. The number of methoxy groups -OCH3 is 2. The molecule has 2 aliphatic heterocycles. The molecule has 2 fully saturated rings. The van der Waals surface area contributed by atoms with Crippen LogP contribution in [0.1, 0.15) is 103 Å². The van der Waals surface area contributed by atoms with Crippen molar-refractivity contribution in [2.24, 2.45) is 0 Å². The monoisotopic (exact) mass is 490 g/mol. The molecule has 0 N–H and O–H groups in total. The molecule has 0 spiro atoms. The normalized spacial score (nSPS) is 24.5. The molecule has 31 heavy (non-hydrogen) atoms. The summed E-state index contributed by atoms with van der Waals surface area (Å²) in [5.74, 6) is 2.50. The van der Waals surface area contributed by atoms with Gasteiger partial charge in [0.05, 0.1) is 22.4 Å². The van der Waals surface area contributed by atoms with Crippen molar-refractivity contribution in [1.29, 1.82) is 0 Å². The summed E-state index contributed by atoms with van der Waals surface area (Å²) in [6.45, 7) is 0. The molecule has 2 atom stereocenters. The third kappa shape index (κ3) is 10.2. The Morgan fingerprint density at radius 1 is 0.613 bits per heavy atom. The highest BCUT2D eigenvalue weighted by Crippen LogP contribution is 2.69. The third-order valence-electron chi connectivity index (χ3n) is 6.31. The van der Waals surface area contributed by atoms with Gasteiger partial charge in [0.25, 0.3) is 0 Å². The highest BCUT2D eigenvalue weighted by atomic mass is 32.2. The first-order valence-corrected chi connectivity index (χ1v) is 14.9. The molecule has 2 rings (SSSR count). The van der Waals surface area contributed by atoms with E-state index in [0.29, 0.717) is 21.0 Å². The van der Waals surface area contributed by atoms with E-state index in [4.69, 9.17) is 0 Å². The van der Waals surface area contributed by atoms with E-state index in [0.717, 1.165) is 25.7 Å². The zero-order valence-corrected chi connectivity index (χ0v) is 22.0. The van der Waals surface area contributed by atoms with E-state index in [2.05, 4.69) is 44.8 Å². The molecule has 4 nitrogen and oxygen atoms in total. The number of thioether (sulfide) groups is 3. The SMILES string of the molecule is COC(=O)CCCCCCCC[C@]12CS[C@](CCCCCCCCC(=O)OC)(CS1)S2. The minimum Gasteiger partial charge on any atom is -0.469 e. The molecule has 7 heteroatoms. The molecule has 180 valence electrons. The molecule has 2 bridgehead atoms. The predicted molar refractivity (Wildman–Crippen MR) is 136 cm³/mol. The van der Waals surface area contributed by atoms with Crippen molar-refractivity contribution in [3.05, 3.63) is 0 Å². The van der Waals surface area contributed by atoms with Crippen molar-refractivity contribution in [1.82, 2.24) is 0 Å². The van der Waals surface area contributed by atoms with Gasteiger partial charge >= 0.3 is 11.9 Å². The van der Waals surface area contributed by atoms with Crippen molar-refractivity contribution in [3.63, 3.8) is 0 Å². The van der Waals surface area contributed by atoms with Gasteiger partial charge in [0.1, 0.15) is 0 Å². The largest absolute Gasteiger partial charge is 0.469 e. The summed E-state index contributed by atoms with van der Waals surface area (Å²) in [4.78, 5) is 22.2. The van der Waals surface area contributed by atoms with Crippen LogP contribution in [0.4, 0.5) is 0 Å². The van der Waals surface area contributed by atoms with E-state index >= 15 is 0 Å². The number of carbonyl (C=O) groups excluding carboxylic acids is 2. The number of hydrogen-bond donors (Lipinski definition) is 0. The Hall–Kier alpha value is -0.0100. The Balaban J connectivity index is 1.46. The van der Waals surface area contributed by atoms with Crippen molar-refractivity contribution in [2.45, 2.75) is 111 Å². The number of carbonyl (C=O) groups is 2. The number of fused-ring (bicyclic) bond motifs is 2. The second-order valence-electron chi connectivity index (χ2n) is 8.90. The lowest BCUT2D eigenvalue weighted by molar-refractivity contribution is -0.141. The highest BCUT2D eigenvalue weighted by Gasteiger charge is 2.55. The Morgan fingerprint density at radius 3 is 1.32 bits per heavy atom. The van der Waals surface area contributed by atoms with Gasteiger partial charge in [-0.25, -0.2) is 0 Å². The van der Waals surface area contributed by atoms with Crippen molar-refractivity contribution in [3.8, 4) is 0 Å². The number of ether oxygens (including phenoxy) is 2. The van der Waals surface area contributed by atoms with E-state index < -0.39 is 0 Å². The summed E-state index contributed by atoms with van der Waals surface area (Å²) in [6, 6.07) is 0. The molecular weight excluding hydrogens is 448 g/mol. The zero-order valence-electron chi connectivity index (χ0n) is 19.6. The van der Waals surface area contributed by atoms with Crippen LogP contribution in [0.5, 0.6) is 0 Å². The molecule has 0 aliphatic carbocycles. The summed E-state index contributed by atoms with van der Waals surface area (Å²) in [6.07, 6.45) is 18.5. The zero-order chi connectivity index (χ0) is 22.4. The number of rotatable bonds is 18. The number of unbranched alkanes of at least 4 members (excludes halogenated alkanes) is 10. The lowest BCUT2D eigenvalue weighted by Gasteiger charge is -2.25. The van der Waals surface area contributed by atoms with Crippen molar-refractivity contribution >= 4 is 47.2 Å². The predicted octanol–water partition coefficient (Wildman–Crippen LogP) is 7.19. The maximum atomic E-state index is 11.1. The summed E-state index contributed by atoms with van der Waals surface area (Å²) in [5, 5.41) is 0. The second kappa shape index (κ2) is 15.0. The molecule has 0 aromatic heterocycles. The third-order valence-corrected chi connectivity index (χ3v) is 12.7. The van der Waals surface area contributed by atoms with Gasteiger partial charge in [-0.1, -0.05) is 64.2 Å². The fourth-order valence-electron chi connectivity index (χ4n) is 4.36. The highest BCUT2D eigenvalue weighted by molar-refractivity contribution is 8.33. The molecule has 0 unspecified atom stereocenters. The first-order valence-electron chi connectivity index (χ1n) is 12.1. The second-order valence-corrected chi connectivity index (χ2v) is 13.9. The van der Waals surface area contributed by atoms with Crippen LogP contribution in [0, 0.1) is 0 Å². The molecule has 0 saturated carbocycles. The van der Waals surface area contributed by atoms with Gasteiger partial charge in [0.2, 0.25) is 0 Å². The van der Waals surface area contributed by atoms with Crippen LogP contribution in [0.25, 0.3) is 0 Å². The van der Waals surface area contributed by atoms with Gasteiger partial charge in [-0.3, -0.25) is 9.59 Å². The Morgan fingerprint density at radius 2 is 0.968 bits per heavy atom. The van der Waals surface area contributed by atoms with Crippen molar-refractivity contribution in [2.75, 3.05) is 25.7 Å². The van der Waals surface area contributed by atoms with E-state index in [1.165, 1.54) is 89.9 Å². The van der Waals surface area contributed by atoms with Crippen LogP contribution in [0.3, 0.4) is 0 Å². The molecule has 0 aromatic carbocycles. The lowest BCUT2D eigenvalue weighted by atomic mass is 10.1. The molecular formula is C24H42O4S3. The molecule has 2 saturated heterocycles. The van der Waals surface area contributed by atoms with Gasteiger partial charge in [-0.05, 0) is 25.7 Å². The number of esters is 2. The van der Waals surface area contributed by atoms with Crippen LogP contribution < -0.4 is 0 Å². The Labute approximate surface area is 202 Å². The van der Waals surface area contributed by atoms with E-state index in [-0.39, 0.29) is 11.9 Å². The molecule has 0 aromatic rings. The molecule has 0 radical (unpaired) electrons. The minimum atomic E-state index is -0.0766. The van der Waals surface area contributed by atoms with Gasteiger partial charge in [-0.2, -0.15) is 0 Å². The fourth-order valence-corrected chi connectivity index (χ4v) is 11.1.